The van der Waals surface area contributed by atoms with E-state index in [4.69, 9.17) is 28.3 Å². The van der Waals surface area contributed by atoms with Gasteiger partial charge in [0.05, 0.1) is 23.5 Å². The first-order chi connectivity index (χ1) is 7.37. The molecule has 6 heteroatoms. The molecule has 2 rings (SSSR count). The lowest BCUT2D eigenvalue weighted by atomic mass is 9.99. The van der Waals surface area contributed by atoms with Crippen LogP contribution >= 0.6 is 0 Å². The second-order valence-corrected chi connectivity index (χ2v) is 4.05. The number of phenolic OH excluding ortho intramolecular Hbond substituents is 1. The highest BCUT2D eigenvalue weighted by molar-refractivity contribution is 6.12. The molecule has 0 spiro atoms. The van der Waals surface area contributed by atoms with Crippen LogP contribution in [-0.4, -0.2) is 16.9 Å². The van der Waals surface area contributed by atoms with Crippen molar-refractivity contribution in [2.45, 2.75) is 19.0 Å². The maximum absolute atomic E-state index is 9.90. The SMILES string of the molecule is Cc1c(N)c(O)c2c(c1N)C(N)C(N)C2=N. The predicted molar refractivity (Wildman–Crippen MR) is 63.4 cm³/mol. The van der Waals surface area contributed by atoms with Gasteiger partial charge in [-0.15, -0.1) is 0 Å². The number of aromatic hydroxyl groups is 1. The number of fused-ring (bicyclic) bond motifs is 1. The lowest BCUT2D eigenvalue weighted by Crippen LogP contribution is -2.34. The van der Waals surface area contributed by atoms with Crippen molar-refractivity contribution in [1.29, 1.82) is 5.41 Å². The Labute approximate surface area is 92.7 Å². The standard InChI is InChI=1S/C10H15N5O/c1-2-5(11)3-4(10(16)6(2)12)8(14)9(15)7(3)13/h7,9,14,16H,11-13,15H2,1H3. The number of benzene rings is 1. The Morgan fingerprint density at radius 3 is 2.25 bits per heavy atom. The van der Waals surface area contributed by atoms with Crippen molar-refractivity contribution in [3.05, 3.63) is 16.7 Å². The van der Waals surface area contributed by atoms with Gasteiger partial charge in [0.25, 0.3) is 0 Å². The van der Waals surface area contributed by atoms with E-state index in [-0.39, 0.29) is 17.1 Å². The molecule has 2 unspecified atom stereocenters. The molecule has 0 radical (unpaired) electrons. The second-order valence-electron chi connectivity index (χ2n) is 4.05. The summed E-state index contributed by atoms with van der Waals surface area (Å²) in [4.78, 5) is 0. The van der Waals surface area contributed by atoms with Crippen LogP contribution in [0.15, 0.2) is 0 Å². The summed E-state index contributed by atoms with van der Waals surface area (Å²) in [5.74, 6) is -0.143. The van der Waals surface area contributed by atoms with E-state index in [1.54, 1.807) is 6.92 Å². The highest BCUT2D eigenvalue weighted by atomic mass is 16.3. The average molecular weight is 221 g/mol. The van der Waals surface area contributed by atoms with Gasteiger partial charge in [-0.05, 0) is 12.5 Å². The molecule has 0 heterocycles. The van der Waals surface area contributed by atoms with E-state index >= 15 is 0 Å². The Balaban J connectivity index is 2.86. The zero-order valence-corrected chi connectivity index (χ0v) is 8.91. The van der Waals surface area contributed by atoms with Crippen molar-refractivity contribution in [1.82, 2.24) is 0 Å². The zero-order chi connectivity index (χ0) is 12.2. The molecule has 0 fully saturated rings. The Hall–Kier alpha value is -1.79. The zero-order valence-electron chi connectivity index (χ0n) is 8.91. The number of nitrogens with two attached hydrogens (primary N) is 4. The molecule has 16 heavy (non-hydrogen) atoms. The molecule has 0 saturated heterocycles. The summed E-state index contributed by atoms with van der Waals surface area (Å²) in [6.45, 7) is 1.70. The van der Waals surface area contributed by atoms with Gasteiger partial charge in [0.2, 0.25) is 0 Å². The van der Waals surface area contributed by atoms with E-state index in [9.17, 15) is 5.11 Å². The largest absolute Gasteiger partial charge is 0.505 e. The van der Waals surface area contributed by atoms with Gasteiger partial charge in [0, 0.05) is 16.8 Å². The van der Waals surface area contributed by atoms with E-state index in [1.165, 1.54) is 0 Å². The third-order valence-electron chi connectivity index (χ3n) is 3.18. The number of hydrogen-bond donors (Lipinski definition) is 6. The summed E-state index contributed by atoms with van der Waals surface area (Å²) in [5, 5.41) is 17.7. The summed E-state index contributed by atoms with van der Waals surface area (Å²) >= 11 is 0. The molecule has 0 aromatic heterocycles. The fraction of sp³-hybridized carbons (Fsp3) is 0.300. The maximum atomic E-state index is 9.90. The number of hydrogen-bond acceptors (Lipinski definition) is 6. The summed E-state index contributed by atoms with van der Waals surface area (Å²) in [6, 6.07) is -1.21. The molecule has 0 amide bonds. The summed E-state index contributed by atoms with van der Waals surface area (Å²) in [7, 11) is 0. The topological polar surface area (TPSA) is 148 Å². The third-order valence-corrected chi connectivity index (χ3v) is 3.18. The van der Waals surface area contributed by atoms with Gasteiger partial charge in [-0.2, -0.15) is 0 Å². The number of phenols is 1. The number of anilines is 2. The second kappa shape index (κ2) is 3.10. The predicted octanol–water partition coefficient (Wildman–Crippen LogP) is -0.426. The first kappa shape index (κ1) is 10.7. The van der Waals surface area contributed by atoms with Gasteiger partial charge in [-0.1, -0.05) is 0 Å². The molecule has 2 atom stereocenters. The van der Waals surface area contributed by atoms with Gasteiger partial charge in [-0.3, -0.25) is 0 Å². The van der Waals surface area contributed by atoms with Crippen molar-refractivity contribution < 1.29 is 5.11 Å². The molecule has 1 aliphatic rings. The van der Waals surface area contributed by atoms with Gasteiger partial charge in [-0.25, -0.2) is 0 Å². The number of rotatable bonds is 0. The van der Waals surface area contributed by atoms with Crippen LogP contribution in [0.4, 0.5) is 11.4 Å². The monoisotopic (exact) mass is 221 g/mol. The minimum Gasteiger partial charge on any atom is -0.505 e. The van der Waals surface area contributed by atoms with Crippen LogP contribution in [0, 0.1) is 12.3 Å². The fourth-order valence-corrected chi connectivity index (χ4v) is 2.07. The molecule has 1 aromatic carbocycles. The van der Waals surface area contributed by atoms with E-state index in [1.807, 2.05) is 0 Å². The molecule has 1 aliphatic carbocycles. The van der Waals surface area contributed by atoms with Crippen LogP contribution < -0.4 is 22.9 Å². The van der Waals surface area contributed by atoms with E-state index in [0.717, 1.165) is 0 Å². The minimum absolute atomic E-state index is 0.0819. The molecule has 0 saturated carbocycles. The molecular weight excluding hydrogens is 206 g/mol. The summed E-state index contributed by atoms with van der Waals surface area (Å²) < 4.78 is 0. The Bertz CT molecular complexity index is 497. The van der Waals surface area contributed by atoms with E-state index in [2.05, 4.69) is 0 Å². The van der Waals surface area contributed by atoms with Crippen LogP contribution in [0.25, 0.3) is 0 Å². The molecule has 0 bridgehead atoms. The molecular formula is C10H15N5O. The Morgan fingerprint density at radius 1 is 1.12 bits per heavy atom. The van der Waals surface area contributed by atoms with Gasteiger partial charge >= 0.3 is 0 Å². The van der Waals surface area contributed by atoms with Crippen molar-refractivity contribution >= 4 is 17.1 Å². The normalized spacial score (nSPS) is 23.6. The molecule has 86 valence electrons. The summed E-state index contributed by atoms with van der Waals surface area (Å²) in [5.41, 5.74) is 25.3. The maximum Gasteiger partial charge on any atom is 0.148 e. The third kappa shape index (κ3) is 1.05. The lowest BCUT2D eigenvalue weighted by molar-refractivity contribution is 0.476. The van der Waals surface area contributed by atoms with Crippen molar-refractivity contribution in [3.8, 4) is 5.75 Å². The van der Waals surface area contributed by atoms with Crippen LogP contribution in [0.1, 0.15) is 22.7 Å². The number of nitrogens with one attached hydrogen (secondary N) is 1. The highest BCUT2D eigenvalue weighted by Gasteiger charge is 2.37. The van der Waals surface area contributed by atoms with Crippen molar-refractivity contribution in [2.24, 2.45) is 11.5 Å². The van der Waals surface area contributed by atoms with Crippen molar-refractivity contribution in [2.75, 3.05) is 11.5 Å². The smallest absolute Gasteiger partial charge is 0.148 e. The summed E-state index contributed by atoms with van der Waals surface area (Å²) in [6.07, 6.45) is 0. The highest BCUT2D eigenvalue weighted by Crippen LogP contribution is 2.44. The van der Waals surface area contributed by atoms with Gasteiger partial charge < -0.3 is 33.5 Å². The Kier molecular flexibility index (Phi) is 2.08. The van der Waals surface area contributed by atoms with Crippen molar-refractivity contribution in [3.63, 3.8) is 0 Å². The van der Waals surface area contributed by atoms with Gasteiger partial charge in [0.15, 0.2) is 0 Å². The number of nitrogen functional groups attached to an aromatic ring is 2. The van der Waals surface area contributed by atoms with Crippen LogP contribution in [0.2, 0.25) is 0 Å². The van der Waals surface area contributed by atoms with E-state index in [0.29, 0.717) is 22.4 Å². The van der Waals surface area contributed by atoms with Crippen LogP contribution in [0.3, 0.4) is 0 Å². The first-order valence-electron chi connectivity index (χ1n) is 4.88. The van der Waals surface area contributed by atoms with Gasteiger partial charge in [0.1, 0.15) is 5.75 Å². The Morgan fingerprint density at radius 2 is 1.69 bits per heavy atom. The van der Waals surface area contributed by atoms with E-state index < -0.39 is 12.1 Å². The lowest BCUT2D eigenvalue weighted by Gasteiger charge is -2.15. The molecule has 6 nitrogen and oxygen atoms in total. The average Bonchev–Trinajstić information content (AvgIpc) is 2.48. The van der Waals surface area contributed by atoms with Crippen LogP contribution in [0.5, 0.6) is 5.75 Å². The molecule has 10 N–H and O–H groups in total. The van der Waals surface area contributed by atoms with Crippen LogP contribution in [-0.2, 0) is 0 Å². The quantitative estimate of drug-likeness (QED) is 0.200. The fourth-order valence-electron chi connectivity index (χ4n) is 2.07. The minimum atomic E-state index is -0.649. The molecule has 1 aromatic rings. The first-order valence-corrected chi connectivity index (χ1v) is 4.88. The molecule has 0 aliphatic heterocycles.